The predicted octanol–water partition coefficient (Wildman–Crippen LogP) is 2.52. The maximum Gasteiger partial charge on any atom is 0.170 e. The number of aromatic nitrogens is 1. The fourth-order valence-corrected chi connectivity index (χ4v) is 1.86. The van der Waals surface area contributed by atoms with Crippen molar-refractivity contribution in [2.45, 2.75) is 6.61 Å². The zero-order chi connectivity index (χ0) is 13.7. The van der Waals surface area contributed by atoms with Crippen molar-refractivity contribution in [1.29, 1.82) is 0 Å². The fraction of sp³-hybridized carbons (Fsp3) is 0.0769. The number of amidine groups is 1. The summed E-state index contributed by atoms with van der Waals surface area (Å²) in [6, 6.07) is 9.13. The van der Waals surface area contributed by atoms with E-state index >= 15 is 0 Å². The molecule has 0 fully saturated rings. The van der Waals surface area contributed by atoms with Crippen molar-refractivity contribution in [2.24, 2.45) is 10.9 Å². The van der Waals surface area contributed by atoms with E-state index < -0.39 is 0 Å². The van der Waals surface area contributed by atoms with Crippen molar-refractivity contribution in [3.05, 3.63) is 58.3 Å². The smallest absolute Gasteiger partial charge is 0.170 e. The quantitative estimate of drug-likeness (QED) is 0.392. The second kappa shape index (κ2) is 6.19. The van der Waals surface area contributed by atoms with Crippen molar-refractivity contribution in [2.75, 3.05) is 0 Å². The molecule has 0 aliphatic heterocycles. The van der Waals surface area contributed by atoms with Gasteiger partial charge in [-0.15, -0.1) is 0 Å². The van der Waals surface area contributed by atoms with Crippen molar-refractivity contribution in [1.82, 2.24) is 4.98 Å². The summed E-state index contributed by atoms with van der Waals surface area (Å²) in [7, 11) is 0. The van der Waals surface area contributed by atoms with Crippen LogP contribution in [0, 0.1) is 0 Å². The van der Waals surface area contributed by atoms with Gasteiger partial charge in [0.25, 0.3) is 0 Å². The molecule has 5 nitrogen and oxygen atoms in total. The van der Waals surface area contributed by atoms with E-state index in [1.807, 2.05) is 18.2 Å². The molecule has 3 N–H and O–H groups in total. The molecule has 0 amide bonds. The molecule has 0 bridgehead atoms. The molecule has 6 heteroatoms. The maximum absolute atomic E-state index is 8.64. The molecule has 0 atom stereocenters. The van der Waals surface area contributed by atoms with Gasteiger partial charge in [-0.3, -0.25) is 4.98 Å². The van der Waals surface area contributed by atoms with Crippen LogP contribution in [0.25, 0.3) is 0 Å². The van der Waals surface area contributed by atoms with E-state index in [0.717, 1.165) is 10.0 Å². The lowest BCUT2D eigenvalue weighted by molar-refractivity contribution is 0.304. The topological polar surface area (TPSA) is 80.7 Å². The Morgan fingerprint density at radius 3 is 2.95 bits per heavy atom. The van der Waals surface area contributed by atoms with Gasteiger partial charge >= 0.3 is 0 Å². The van der Waals surface area contributed by atoms with Crippen LogP contribution in [-0.4, -0.2) is 16.0 Å². The molecule has 0 aliphatic rings. The molecule has 0 saturated heterocycles. The van der Waals surface area contributed by atoms with Crippen LogP contribution in [0.2, 0.25) is 0 Å². The zero-order valence-corrected chi connectivity index (χ0v) is 11.5. The third-order valence-electron chi connectivity index (χ3n) is 2.42. The fourth-order valence-electron chi connectivity index (χ4n) is 1.52. The van der Waals surface area contributed by atoms with Gasteiger partial charge < -0.3 is 15.7 Å². The van der Waals surface area contributed by atoms with Gasteiger partial charge in [0, 0.05) is 16.2 Å². The summed E-state index contributed by atoms with van der Waals surface area (Å²) in [5.41, 5.74) is 7.10. The van der Waals surface area contributed by atoms with Crippen LogP contribution in [0.1, 0.15) is 11.1 Å². The van der Waals surface area contributed by atoms with E-state index in [4.69, 9.17) is 15.7 Å². The standard InChI is InChI=1S/C13H12BrN3O2/c14-11-5-12(7-16-6-11)19-8-9-2-1-3-10(4-9)13(15)17-18/h1-7,18H,8H2,(H2,15,17). The van der Waals surface area contributed by atoms with Crippen LogP contribution in [-0.2, 0) is 6.61 Å². The van der Waals surface area contributed by atoms with E-state index in [9.17, 15) is 0 Å². The van der Waals surface area contributed by atoms with Gasteiger partial charge in [0.2, 0.25) is 0 Å². The molecular weight excluding hydrogens is 310 g/mol. The van der Waals surface area contributed by atoms with Gasteiger partial charge in [-0.2, -0.15) is 0 Å². The molecule has 0 unspecified atom stereocenters. The average Bonchev–Trinajstić information content (AvgIpc) is 2.45. The highest BCUT2D eigenvalue weighted by molar-refractivity contribution is 9.10. The first-order valence-corrected chi connectivity index (χ1v) is 6.28. The molecule has 1 aromatic heterocycles. The molecule has 2 aromatic rings. The van der Waals surface area contributed by atoms with Crippen LogP contribution in [0.5, 0.6) is 5.75 Å². The summed E-state index contributed by atoms with van der Waals surface area (Å²) in [5.74, 6) is 0.745. The van der Waals surface area contributed by atoms with Gasteiger partial charge in [-0.1, -0.05) is 23.4 Å². The summed E-state index contributed by atoms with van der Waals surface area (Å²) in [6.45, 7) is 0.380. The van der Waals surface area contributed by atoms with E-state index in [1.165, 1.54) is 0 Å². The number of hydrogen-bond acceptors (Lipinski definition) is 4. The van der Waals surface area contributed by atoms with Gasteiger partial charge in [0.05, 0.1) is 6.20 Å². The number of ether oxygens (including phenoxy) is 1. The molecule has 1 heterocycles. The van der Waals surface area contributed by atoms with Crippen LogP contribution < -0.4 is 10.5 Å². The highest BCUT2D eigenvalue weighted by Crippen LogP contribution is 2.17. The van der Waals surface area contributed by atoms with Crippen molar-refractivity contribution >= 4 is 21.8 Å². The summed E-state index contributed by atoms with van der Waals surface area (Å²) < 4.78 is 6.46. The predicted molar refractivity (Wildman–Crippen MR) is 75.2 cm³/mol. The number of nitrogens with zero attached hydrogens (tertiary/aromatic N) is 2. The number of benzene rings is 1. The SMILES string of the molecule is NC(=NO)c1cccc(COc2cncc(Br)c2)c1. The Hall–Kier alpha value is -2.08. The van der Waals surface area contributed by atoms with Crippen molar-refractivity contribution < 1.29 is 9.94 Å². The molecule has 19 heavy (non-hydrogen) atoms. The number of halogens is 1. The molecule has 0 saturated carbocycles. The lowest BCUT2D eigenvalue weighted by Crippen LogP contribution is -2.13. The van der Waals surface area contributed by atoms with E-state index in [2.05, 4.69) is 26.1 Å². The average molecular weight is 322 g/mol. The highest BCUT2D eigenvalue weighted by atomic mass is 79.9. The monoisotopic (exact) mass is 321 g/mol. The minimum atomic E-state index is 0.0750. The highest BCUT2D eigenvalue weighted by Gasteiger charge is 2.02. The van der Waals surface area contributed by atoms with Crippen LogP contribution in [0.15, 0.2) is 52.4 Å². The molecule has 98 valence electrons. The Kier molecular flexibility index (Phi) is 4.35. The third kappa shape index (κ3) is 3.69. The Morgan fingerprint density at radius 2 is 2.21 bits per heavy atom. The second-order valence-corrected chi connectivity index (χ2v) is 4.73. The first-order chi connectivity index (χ1) is 9.19. The third-order valence-corrected chi connectivity index (χ3v) is 2.85. The van der Waals surface area contributed by atoms with E-state index in [0.29, 0.717) is 17.9 Å². The van der Waals surface area contributed by atoms with Gasteiger partial charge in [-0.05, 0) is 33.6 Å². The lowest BCUT2D eigenvalue weighted by atomic mass is 10.1. The van der Waals surface area contributed by atoms with E-state index in [1.54, 1.807) is 24.5 Å². The normalized spacial score (nSPS) is 11.3. The Bertz CT molecular complexity index is 602. The molecule has 1 aromatic carbocycles. The molecule has 0 aliphatic carbocycles. The maximum atomic E-state index is 8.64. The van der Waals surface area contributed by atoms with Crippen LogP contribution in [0.4, 0.5) is 0 Å². The lowest BCUT2D eigenvalue weighted by Gasteiger charge is -2.07. The number of rotatable bonds is 4. The van der Waals surface area contributed by atoms with Crippen molar-refractivity contribution in [3.8, 4) is 5.75 Å². The summed E-state index contributed by atoms with van der Waals surface area (Å²) in [6.07, 6.45) is 3.32. The molecule has 0 spiro atoms. The van der Waals surface area contributed by atoms with Gasteiger partial charge in [0.15, 0.2) is 5.84 Å². The zero-order valence-electron chi connectivity index (χ0n) is 9.95. The van der Waals surface area contributed by atoms with E-state index in [-0.39, 0.29) is 5.84 Å². The summed E-state index contributed by atoms with van der Waals surface area (Å²) >= 11 is 3.33. The largest absolute Gasteiger partial charge is 0.487 e. The Morgan fingerprint density at radius 1 is 1.37 bits per heavy atom. The minimum absolute atomic E-state index is 0.0750. The summed E-state index contributed by atoms with van der Waals surface area (Å²) in [5, 5.41) is 11.6. The van der Waals surface area contributed by atoms with Gasteiger partial charge in [-0.25, -0.2) is 0 Å². The van der Waals surface area contributed by atoms with Gasteiger partial charge in [0.1, 0.15) is 12.4 Å². The Balaban J connectivity index is 2.08. The number of hydrogen-bond donors (Lipinski definition) is 2. The summed E-state index contributed by atoms with van der Waals surface area (Å²) in [4.78, 5) is 4.01. The second-order valence-electron chi connectivity index (χ2n) is 3.81. The minimum Gasteiger partial charge on any atom is -0.487 e. The van der Waals surface area contributed by atoms with Crippen LogP contribution in [0.3, 0.4) is 0 Å². The van der Waals surface area contributed by atoms with Crippen LogP contribution >= 0.6 is 15.9 Å². The number of pyridine rings is 1. The molecular formula is C13H12BrN3O2. The first-order valence-electron chi connectivity index (χ1n) is 5.49. The molecule has 0 radical (unpaired) electrons. The first kappa shape index (κ1) is 13.4. The molecule has 2 rings (SSSR count). The Labute approximate surface area is 118 Å². The number of nitrogens with two attached hydrogens (primary N) is 1. The van der Waals surface area contributed by atoms with Crippen molar-refractivity contribution in [3.63, 3.8) is 0 Å². The number of oxime groups is 1.